The highest BCUT2D eigenvalue weighted by Gasteiger charge is 2.47. The zero-order valence-electron chi connectivity index (χ0n) is 16.5. The van der Waals surface area contributed by atoms with Crippen LogP contribution in [0.2, 0.25) is 0 Å². The summed E-state index contributed by atoms with van der Waals surface area (Å²) >= 11 is 0. The lowest BCUT2D eigenvalue weighted by atomic mass is 9.70. The molecule has 0 radical (unpaired) electrons. The van der Waals surface area contributed by atoms with Gasteiger partial charge in [-0.3, -0.25) is 0 Å². The third kappa shape index (κ3) is 4.57. The van der Waals surface area contributed by atoms with Crippen molar-refractivity contribution in [1.82, 2.24) is 0 Å². The molecular weight excluding hydrogens is 318 g/mol. The Morgan fingerprint density at radius 1 is 0.680 bits per heavy atom. The molecule has 0 aromatic carbocycles. The minimum Gasteiger partial charge on any atom is -0.317 e. The van der Waals surface area contributed by atoms with Crippen LogP contribution in [-0.4, -0.2) is 12.2 Å². The van der Waals surface area contributed by atoms with Gasteiger partial charge in [-0.2, -0.15) is 8.78 Å². The Labute approximate surface area is 153 Å². The molecule has 3 aliphatic rings. The summed E-state index contributed by atoms with van der Waals surface area (Å²) in [5.41, 5.74) is 0. The molecule has 0 N–H and O–H groups in total. The Kier molecular flexibility index (Phi) is 6.45. The number of halogens is 2. The van der Waals surface area contributed by atoms with Crippen molar-refractivity contribution in [3.8, 4) is 0 Å². The Hall–Kier alpha value is -0.180. The Morgan fingerprint density at radius 3 is 1.92 bits per heavy atom. The number of alkyl halides is 2. The Bertz CT molecular complexity index is 410. The summed E-state index contributed by atoms with van der Waals surface area (Å²) < 4.78 is 35.2. The van der Waals surface area contributed by atoms with Gasteiger partial charge < -0.3 is 4.74 Å². The maximum Gasteiger partial charge on any atom is 0.358 e. The van der Waals surface area contributed by atoms with Crippen molar-refractivity contribution in [1.29, 1.82) is 0 Å². The van der Waals surface area contributed by atoms with Gasteiger partial charge in [0.15, 0.2) is 0 Å². The van der Waals surface area contributed by atoms with Gasteiger partial charge in [0.25, 0.3) is 0 Å². The monoisotopic (exact) mass is 356 g/mol. The first-order valence-corrected chi connectivity index (χ1v) is 10.9. The molecule has 0 bridgehead atoms. The highest BCUT2D eigenvalue weighted by Crippen LogP contribution is 2.46. The summed E-state index contributed by atoms with van der Waals surface area (Å²) in [6, 6.07) is 0. The van der Waals surface area contributed by atoms with Crippen LogP contribution < -0.4 is 0 Å². The molecule has 0 amide bonds. The van der Waals surface area contributed by atoms with Crippen molar-refractivity contribution in [2.75, 3.05) is 0 Å². The van der Waals surface area contributed by atoms with Crippen LogP contribution in [0.5, 0.6) is 0 Å². The van der Waals surface area contributed by atoms with E-state index in [0.29, 0.717) is 30.6 Å². The second kappa shape index (κ2) is 8.23. The second-order valence-electron chi connectivity index (χ2n) is 9.50. The smallest absolute Gasteiger partial charge is 0.317 e. The van der Waals surface area contributed by atoms with Gasteiger partial charge in [0, 0.05) is 0 Å². The molecule has 0 aromatic rings. The van der Waals surface area contributed by atoms with Crippen molar-refractivity contribution in [3.05, 3.63) is 0 Å². The molecule has 3 fully saturated rings. The number of hydrogen-bond acceptors (Lipinski definition) is 1. The molecule has 3 heteroatoms. The molecule has 3 aliphatic carbocycles. The third-order valence-electron chi connectivity index (χ3n) is 8.09. The number of ether oxygens (including phenoxy) is 1. The molecular formula is C22H38F2O. The molecule has 146 valence electrons. The van der Waals surface area contributed by atoms with E-state index in [1.807, 2.05) is 0 Å². The largest absolute Gasteiger partial charge is 0.358 e. The van der Waals surface area contributed by atoms with E-state index < -0.39 is 12.0 Å². The molecule has 0 heterocycles. The van der Waals surface area contributed by atoms with Crippen LogP contribution in [0.15, 0.2) is 0 Å². The normalized spacial score (nSPS) is 41.6. The lowest BCUT2D eigenvalue weighted by Crippen LogP contribution is -2.44. The van der Waals surface area contributed by atoms with Gasteiger partial charge in [-0.25, -0.2) is 0 Å². The fourth-order valence-electron chi connectivity index (χ4n) is 5.81. The maximum absolute atomic E-state index is 14.8. The van der Waals surface area contributed by atoms with E-state index >= 15 is 0 Å². The zero-order valence-corrected chi connectivity index (χ0v) is 16.5. The third-order valence-corrected chi connectivity index (χ3v) is 8.09. The number of hydrogen-bond donors (Lipinski definition) is 0. The van der Waals surface area contributed by atoms with Gasteiger partial charge >= 0.3 is 6.11 Å². The van der Waals surface area contributed by atoms with Crippen molar-refractivity contribution >= 4 is 0 Å². The fraction of sp³-hybridized carbons (Fsp3) is 1.00. The highest BCUT2D eigenvalue weighted by molar-refractivity contribution is 4.86. The van der Waals surface area contributed by atoms with E-state index in [4.69, 9.17) is 4.74 Å². The first-order chi connectivity index (χ1) is 11.9. The molecule has 0 aromatic heterocycles. The standard InChI is InChI=1S/C22H38F2O/c1-15-9-14-21(17(3)16(15)2)25-22(23,24)20-12-10-19(11-13-20)18-7-5-4-6-8-18/h15-21H,4-14H2,1-3H3. The van der Waals surface area contributed by atoms with Gasteiger partial charge in [0.1, 0.15) is 0 Å². The van der Waals surface area contributed by atoms with Crippen LogP contribution in [0.25, 0.3) is 0 Å². The molecule has 0 saturated heterocycles. The Balaban J connectivity index is 1.51. The van der Waals surface area contributed by atoms with Crippen molar-refractivity contribution in [3.63, 3.8) is 0 Å². The summed E-state index contributed by atoms with van der Waals surface area (Å²) in [6.45, 7) is 6.53. The van der Waals surface area contributed by atoms with Crippen LogP contribution in [0.1, 0.15) is 91.4 Å². The van der Waals surface area contributed by atoms with E-state index in [0.717, 1.165) is 31.6 Å². The lowest BCUT2D eigenvalue weighted by Gasteiger charge is -2.42. The van der Waals surface area contributed by atoms with Crippen molar-refractivity contribution in [2.45, 2.75) is 104 Å². The zero-order chi connectivity index (χ0) is 18.0. The van der Waals surface area contributed by atoms with Gasteiger partial charge in [-0.15, -0.1) is 0 Å². The topological polar surface area (TPSA) is 9.23 Å². The molecule has 0 spiro atoms. The average Bonchev–Trinajstić information content (AvgIpc) is 2.63. The first kappa shape index (κ1) is 19.6. The van der Waals surface area contributed by atoms with E-state index in [1.54, 1.807) is 0 Å². The second-order valence-corrected chi connectivity index (χ2v) is 9.50. The fourth-order valence-corrected chi connectivity index (χ4v) is 5.81. The van der Waals surface area contributed by atoms with E-state index in [-0.39, 0.29) is 12.0 Å². The van der Waals surface area contributed by atoms with E-state index in [2.05, 4.69) is 20.8 Å². The van der Waals surface area contributed by atoms with Crippen LogP contribution >= 0.6 is 0 Å². The van der Waals surface area contributed by atoms with E-state index in [9.17, 15) is 8.78 Å². The highest BCUT2D eigenvalue weighted by atomic mass is 19.3. The van der Waals surface area contributed by atoms with Gasteiger partial charge in [0.05, 0.1) is 12.0 Å². The Morgan fingerprint density at radius 2 is 1.28 bits per heavy atom. The van der Waals surface area contributed by atoms with Crippen LogP contribution in [0.4, 0.5) is 8.78 Å². The van der Waals surface area contributed by atoms with Gasteiger partial charge in [-0.05, 0) is 68.1 Å². The quantitative estimate of drug-likeness (QED) is 0.524. The lowest BCUT2D eigenvalue weighted by molar-refractivity contribution is -0.311. The average molecular weight is 357 g/mol. The summed E-state index contributed by atoms with van der Waals surface area (Å²) in [7, 11) is 0. The summed E-state index contributed by atoms with van der Waals surface area (Å²) in [4.78, 5) is 0. The summed E-state index contributed by atoms with van der Waals surface area (Å²) in [5, 5.41) is 0. The molecule has 1 nitrogen and oxygen atoms in total. The summed E-state index contributed by atoms with van der Waals surface area (Å²) in [6.07, 6.45) is 8.62. The molecule has 3 saturated carbocycles. The molecule has 4 atom stereocenters. The van der Waals surface area contributed by atoms with Crippen LogP contribution in [0.3, 0.4) is 0 Å². The molecule has 3 rings (SSSR count). The minimum absolute atomic E-state index is 0.230. The summed E-state index contributed by atoms with van der Waals surface area (Å²) in [5.74, 6) is 2.26. The predicted octanol–water partition coefficient (Wildman–Crippen LogP) is 7.05. The SMILES string of the molecule is CC1CCC(OC(F)(F)C2CCC(C3CCCCC3)CC2)C(C)C1C. The maximum atomic E-state index is 14.8. The van der Waals surface area contributed by atoms with Gasteiger partial charge in [-0.1, -0.05) is 52.9 Å². The van der Waals surface area contributed by atoms with Crippen molar-refractivity contribution in [2.24, 2.45) is 35.5 Å². The molecule has 0 aliphatic heterocycles. The number of rotatable bonds is 4. The van der Waals surface area contributed by atoms with E-state index in [1.165, 1.54) is 32.1 Å². The van der Waals surface area contributed by atoms with Gasteiger partial charge in [0.2, 0.25) is 0 Å². The van der Waals surface area contributed by atoms with Crippen LogP contribution in [0, 0.1) is 35.5 Å². The molecule has 4 unspecified atom stereocenters. The molecule has 25 heavy (non-hydrogen) atoms. The van der Waals surface area contributed by atoms with Crippen molar-refractivity contribution < 1.29 is 13.5 Å². The van der Waals surface area contributed by atoms with Crippen LogP contribution in [-0.2, 0) is 4.74 Å². The first-order valence-electron chi connectivity index (χ1n) is 10.9. The predicted molar refractivity (Wildman–Crippen MR) is 98.6 cm³/mol. The minimum atomic E-state index is -2.93.